The molecule has 0 N–H and O–H groups in total. The van der Waals surface area contributed by atoms with Gasteiger partial charge in [0.2, 0.25) is 0 Å². The largest absolute Gasteiger partial charge is 0.462 e. The number of furan rings is 1. The van der Waals surface area contributed by atoms with Crippen LogP contribution in [0, 0.1) is 10.1 Å². The van der Waals surface area contributed by atoms with Gasteiger partial charge in [-0.15, -0.1) is 11.3 Å². The lowest BCUT2D eigenvalue weighted by molar-refractivity contribution is -0.402. The summed E-state index contributed by atoms with van der Waals surface area (Å²) in [6.07, 6.45) is 5.33. The third kappa shape index (κ3) is 3.23. The Balaban J connectivity index is 1.94. The molecule has 2 aromatic rings. The molecular formula is C16H16N2O5S. The first-order valence-corrected chi connectivity index (χ1v) is 8.51. The third-order valence-corrected chi connectivity index (χ3v) is 4.93. The van der Waals surface area contributed by atoms with Crippen LogP contribution in [0.25, 0.3) is 0 Å². The van der Waals surface area contributed by atoms with Crippen molar-refractivity contribution >= 4 is 34.4 Å². The van der Waals surface area contributed by atoms with Crippen molar-refractivity contribution < 1.29 is 18.9 Å². The Bertz CT molecular complexity index is 805. The summed E-state index contributed by atoms with van der Waals surface area (Å²) in [6.45, 7) is 2.07. The number of hydrogen-bond donors (Lipinski definition) is 0. The highest BCUT2D eigenvalue weighted by Crippen LogP contribution is 2.40. The van der Waals surface area contributed by atoms with Crippen molar-refractivity contribution in [1.82, 2.24) is 0 Å². The van der Waals surface area contributed by atoms with E-state index in [4.69, 9.17) is 9.15 Å². The van der Waals surface area contributed by atoms with E-state index in [1.54, 1.807) is 6.92 Å². The van der Waals surface area contributed by atoms with Crippen LogP contribution in [0.4, 0.5) is 10.9 Å². The summed E-state index contributed by atoms with van der Waals surface area (Å²) < 4.78 is 10.2. The average Bonchev–Trinajstić information content (AvgIpc) is 3.17. The zero-order valence-electron chi connectivity index (χ0n) is 13.1. The molecule has 7 nitrogen and oxygen atoms in total. The van der Waals surface area contributed by atoms with Crippen LogP contribution in [-0.2, 0) is 17.6 Å². The Morgan fingerprint density at radius 1 is 1.46 bits per heavy atom. The van der Waals surface area contributed by atoms with Crippen LogP contribution < -0.4 is 0 Å². The summed E-state index contributed by atoms with van der Waals surface area (Å²) in [7, 11) is 0. The molecule has 0 saturated heterocycles. The van der Waals surface area contributed by atoms with Gasteiger partial charge in [-0.1, -0.05) is 0 Å². The lowest BCUT2D eigenvalue weighted by Gasteiger charge is -2.11. The summed E-state index contributed by atoms with van der Waals surface area (Å²) in [5, 5.41) is 11.2. The first-order chi connectivity index (χ1) is 11.6. The lowest BCUT2D eigenvalue weighted by atomic mass is 9.95. The van der Waals surface area contributed by atoms with Crippen LogP contribution in [0.1, 0.15) is 46.3 Å². The van der Waals surface area contributed by atoms with Gasteiger partial charge < -0.3 is 9.15 Å². The second-order valence-electron chi connectivity index (χ2n) is 5.30. The number of fused-ring (bicyclic) bond motifs is 1. The van der Waals surface area contributed by atoms with Crippen LogP contribution in [0.2, 0.25) is 0 Å². The van der Waals surface area contributed by atoms with Gasteiger partial charge in [-0.05, 0) is 44.2 Å². The molecule has 2 heterocycles. The number of thiophene rings is 1. The predicted molar refractivity (Wildman–Crippen MR) is 89.5 cm³/mol. The summed E-state index contributed by atoms with van der Waals surface area (Å²) >= 11 is 1.47. The Morgan fingerprint density at radius 2 is 2.25 bits per heavy atom. The monoisotopic (exact) mass is 348 g/mol. The van der Waals surface area contributed by atoms with E-state index in [9.17, 15) is 14.9 Å². The zero-order valence-corrected chi connectivity index (χ0v) is 13.9. The number of rotatable bonds is 5. The smallest absolute Gasteiger partial charge is 0.433 e. The lowest BCUT2D eigenvalue weighted by Crippen LogP contribution is -2.09. The summed E-state index contributed by atoms with van der Waals surface area (Å²) in [6, 6.07) is 2.74. The molecule has 24 heavy (non-hydrogen) atoms. The molecule has 126 valence electrons. The third-order valence-electron chi connectivity index (χ3n) is 3.73. The maximum absolute atomic E-state index is 12.3. The van der Waals surface area contributed by atoms with Gasteiger partial charge in [0.15, 0.2) is 5.76 Å². The summed E-state index contributed by atoms with van der Waals surface area (Å²) in [4.78, 5) is 27.8. The van der Waals surface area contributed by atoms with Gasteiger partial charge in [0.25, 0.3) is 0 Å². The Morgan fingerprint density at radius 3 is 2.96 bits per heavy atom. The van der Waals surface area contributed by atoms with Crippen LogP contribution in [-0.4, -0.2) is 23.7 Å². The number of esters is 1. The molecule has 3 rings (SSSR count). The fourth-order valence-corrected chi connectivity index (χ4v) is 3.91. The number of carbonyl (C=O) groups is 1. The molecule has 2 aromatic heterocycles. The molecule has 0 radical (unpaired) electrons. The van der Waals surface area contributed by atoms with Crippen molar-refractivity contribution in [3.63, 3.8) is 0 Å². The molecule has 0 unspecified atom stereocenters. The van der Waals surface area contributed by atoms with E-state index in [1.165, 1.54) is 34.6 Å². The number of aliphatic imine (C=N–C) groups is 1. The van der Waals surface area contributed by atoms with Crippen LogP contribution >= 0.6 is 11.3 Å². The molecule has 0 saturated carbocycles. The van der Waals surface area contributed by atoms with Crippen LogP contribution in [0.5, 0.6) is 0 Å². The van der Waals surface area contributed by atoms with E-state index in [2.05, 4.69) is 4.99 Å². The van der Waals surface area contributed by atoms with Gasteiger partial charge in [-0.2, -0.15) is 0 Å². The first kappa shape index (κ1) is 16.4. The number of nitro groups is 1. The number of carbonyl (C=O) groups excluding carboxylic acids is 1. The molecule has 0 aliphatic heterocycles. The maximum atomic E-state index is 12.3. The fourth-order valence-electron chi connectivity index (χ4n) is 2.69. The Labute approximate surface area is 142 Å². The van der Waals surface area contributed by atoms with E-state index in [0.29, 0.717) is 17.2 Å². The van der Waals surface area contributed by atoms with E-state index < -0.39 is 4.92 Å². The highest BCUT2D eigenvalue weighted by atomic mass is 32.1. The van der Waals surface area contributed by atoms with Gasteiger partial charge in [0, 0.05) is 4.88 Å². The molecule has 0 bridgehead atoms. The summed E-state index contributed by atoms with van der Waals surface area (Å²) in [5.41, 5.74) is 1.55. The minimum Gasteiger partial charge on any atom is -0.462 e. The van der Waals surface area contributed by atoms with Gasteiger partial charge in [0.1, 0.15) is 9.92 Å². The number of ether oxygens (including phenoxy) is 1. The second kappa shape index (κ2) is 6.96. The SMILES string of the molecule is CCOC(=O)c1c(N=Cc2ccc([N+](=O)[O-])o2)sc2c1CCCC2. The zero-order chi connectivity index (χ0) is 17.1. The molecule has 8 heteroatoms. The van der Waals surface area contributed by atoms with Crippen molar-refractivity contribution in [2.24, 2.45) is 4.99 Å². The molecule has 0 aromatic carbocycles. The molecular weight excluding hydrogens is 332 g/mol. The van der Waals surface area contributed by atoms with Crippen molar-refractivity contribution in [2.45, 2.75) is 32.6 Å². The Hall–Kier alpha value is -2.48. The molecule has 1 aliphatic carbocycles. The molecule has 0 fully saturated rings. The highest BCUT2D eigenvalue weighted by molar-refractivity contribution is 7.16. The maximum Gasteiger partial charge on any atom is 0.433 e. The van der Waals surface area contributed by atoms with Crippen molar-refractivity contribution in [3.05, 3.63) is 44.0 Å². The highest BCUT2D eigenvalue weighted by Gasteiger charge is 2.26. The topological polar surface area (TPSA) is 94.9 Å². The van der Waals surface area contributed by atoms with E-state index in [-0.39, 0.29) is 17.6 Å². The van der Waals surface area contributed by atoms with E-state index in [0.717, 1.165) is 31.2 Å². The van der Waals surface area contributed by atoms with Crippen molar-refractivity contribution in [2.75, 3.05) is 6.61 Å². The van der Waals surface area contributed by atoms with Gasteiger partial charge in [-0.25, -0.2) is 9.79 Å². The van der Waals surface area contributed by atoms with E-state index >= 15 is 0 Å². The standard InChI is InChI=1S/C16H16N2O5S/c1-2-22-16(19)14-11-5-3-4-6-12(11)24-15(14)17-9-10-7-8-13(23-10)18(20)21/h7-9H,2-6H2,1H3. The van der Waals surface area contributed by atoms with Gasteiger partial charge in [0.05, 0.1) is 24.5 Å². The average molecular weight is 348 g/mol. The minimum absolute atomic E-state index is 0.267. The predicted octanol–water partition coefficient (Wildman–Crippen LogP) is 4.06. The summed E-state index contributed by atoms with van der Waals surface area (Å²) in [5.74, 6) is -0.440. The van der Waals surface area contributed by atoms with E-state index in [1.807, 2.05) is 0 Å². The first-order valence-electron chi connectivity index (χ1n) is 7.70. The van der Waals surface area contributed by atoms with Crippen molar-refractivity contribution in [3.8, 4) is 0 Å². The fraction of sp³-hybridized carbons (Fsp3) is 0.375. The molecule has 1 aliphatic rings. The number of aryl methyl sites for hydroxylation is 1. The number of nitrogens with zero attached hydrogens (tertiary/aromatic N) is 2. The van der Waals surface area contributed by atoms with Gasteiger partial charge in [-0.3, -0.25) is 10.1 Å². The molecule has 0 amide bonds. The molecule has 0 atom stereocenters. The Kier molecular flexibility index (Phi) is 4.75. The quantitative estimate of drug-likeness (QED) is 0.351. The van der Waals surface area contributed by atoms with Crippen molar-refractivity contribution in [1.29, 1.82) is 0 Å². The molecule has 0 spiro atoms. The van der Waals surface area contributed by atoms with Gasteiger partial charge >= 0.3 is 11.9 Å². The van der Waals surface area contributed by atoms with Crippen LogP contribution in [0.15, 0.2) is 21.5 Å². The minimum atomic E-state index is -0.606. The number of hydrogen-bond acceptors (Lipinski definition) is 7. The second-order valence-corrected chi connectivity index (χ2v) is 6.39. The normalized spacial score (nSPS) is 13.9. The van der Waals surface area contributed by atoms with Crippen LogP contribution in [0.3, 0.4) is 0 Å².